The van der Waals surface area contributed by atoms with Crippen LogP contribution in [-0.2, 0) is 6.42 Å². The van der Waals surface area contributed by atoms with Gasteiger partial charge in [0.25, 0.3) is 0 Å². The molecule has 0 aliphatic heterocycles. The molecule has 0 aliphatic rings. The van der Waals surface area contributed by atoms with Gasteiger partial charge >= 0.3 is 0 Å². The van der Waals surface area contributed by atoms with Gasteiger partial charge in [-0.3, -0.25) is 0 Å². The second-order valence-corrected chi connectivity index (χ2v) is 5.06. The van der Waals surface area contributed by atoms with Crippen molar-refractivity contribution in [3.8, 4) is 0 Å². The molecular weight excluding hydrogens is 166 g/mol. The Morgan fingerprint density at radius 3 is 2.42 bits per heavy atom. The lowest BCUT2D eigenvalue weighted by Gasteiger charge is -1.99. The van der Waals surface area contributed by atoms with Crippen LogP contribution in [0.2, 0.25) is 0 Å². The Bertz CT molecular complexity index is 238. The van der Waals surface area contributed by atoms with Gasteiger partial charge in [0.05, 0.1) is 5.01 Å². The number of hydrogen-bond acceptors (Lipinski definition) is 2. The van der Waals surface area contributed by atoms with Crippen molar-refractivity contribution >= 4 is 11.3 Å². The maximum Gasteiger partial charge on any atom is 0.0953 e. The van der Waals surface area contributed by atoms with E-state index in [-0.39, 0.29) is 0 Å². The molecule has 0 amide bonds. The summed E-state index contributed by atoms with van der Waals surface area (Å²) in [6.07, 6.45) is 3.20. The van der Waals surface area contributed by atoms with E-state index in [1.807, 2.05) is 17.5 Å². The molecule has 1 aromatic heterocycles. The third-order valence-corrected chi connectivity index (χ3v) is 2.99. The maximum atomic E-state index is 4.39. The molecule has 1 heterocycles. The van der Waals surface area contributed by atoms with Crippen LogP contribution < -0.4 is 0 Å². The largest absolute Gasteiger partial charge is 0.249 e. The summed E-state index contributed by atoms with van der Waals surface area (Å²) in [4.78, 5) is 5.81. The summed E-state index contributed by atoms with van der Waals surface area (Å²) in [6.45, 7) is 8.87. The minimum absolute atomic E-state index is 0.580. The molecule has 0 atom stereocenters. The van der Waals surface area contributed by atoms with E-state index >= 15 is 0 Å². The van der Waals surface area contributed by atoms with E-state index in [9.17, 15) is 0 Å². The fraction of sp³-hybridized carbons (Fsp3) is 0.700. The van der Waals surface area contributed by atoms with Crippen LogP contribution in [0.3, 0.4) is 0 Å². The van der Waals surface area contributed by atoms with Gasteiger partial charge in [-0.2, -0.15) is 0 Å². The first-order chi connectivity index (χ1) is 5.59. The van der Waals surface area contributed by atoms with E-state index in [0.717, 1.165) is 5.92 Å². The third-order valence-electron chi connectivity index (χ3n) is 1.67. The molecule has 0 unspecified atom stereocenters. The first-order valence-electron chi connectivity index (χ1n) is 4.54. The quantitative estimate of drug-likeness (QED) is 0.699. The van der Waals surface area contributed by atoms with E-state index in [4.69, 9.17) is 0 Å². The monoisotopic (exact) mass is 183 g/mol. The fourth-order valence-corrected chi connectivity index (χ4v) is 2.22. The van der Waals surface area contributed by atoms with E-state index in [1.165, 1.54) is 16.3 Å². The molecule has 0 spiro atoms. The van der Waals surface area contributed by atoms with Crippen molar-refractivity contribution in [1.82, 2.24) is 4.98 Å². The zero-order valence-electron chi connectivity index (χ0n) is 8.29. The van der Waals surface area contributed by atoms with Crippen LogP contribution in [0.4, 0.5) is 0 Å². The smallest absolute Gasteiger partial charge is 0.0953 e. The van der Waals surface area contributed by atoms with Crippen molar-refractivity contribution in [2.75, 3.05) is 0 Å². The van der Waals surface area contributed by atoms with E-state index in [0.29, 0.717) is 5.92 Å². The SMILES string of the molecule is CC(C)Cc1cnc(C(C)C)s1. The fourth-order valence-electron chi connectivity index (χ4n) is 1.09. The topological polar surface area (TPSA) is 12.9 Å². The normalized spacial score (nSPS) is 11.5. The van der Waals surface area contributed by atoms with E-state index in [2.05, 4.69) is 32.7 Å². The Morgan fingerprint density at radius 2 is 2.00 bits per heavy atom. The van der Waals surface area contributed by atoms with Crippen LogP contribution in [0, 0.1) is 5.92 Å². The molecular formula is C10H17NS. The first-order valence-corrected chi connectivity index (χ1v) is 5.36. The van der Waals surface area contributed by atoms with Gasteiger partial charge in [-0.05, 0) is 12.3 Å². The average molecular weight is 183 g/mol. The van der Waals surface area contributed by atoms with Crippen molar-refractivity contribution in [2.24, 2.45) is 5.92 Å². The second-order valence-electron chi connectivity index (χ2n) is 3.92. The van der Waals surface area contributed by atoms with Crippen LogP contribution in [0.1, 0.15) is 43.5 Å². The minimum Gasteiger partial charge on any atom is -0.249 e. The summed E-state index contributed by atoms with van der Waals surface area (Å²) in [7, 11) is 0. The molecule has 0 saturated heterocycles. The van der Waals surface area contributed by atoms with Gasteiger partial charge in [-0.15, -0.1) is 11.3 Å². The summed E-state index contributed by atoms with van der Waals surface area (Å²) in [5, 5.41) is 1.27. The summed E-state index contributed by atoms with van der Waals surface area (Å²) >= 11 is 1.86. The molecule has 68 valence electrons. The van der Waals surface area contributed by atoms with Crippen molar-refractivity contribution in [3.63, 3.8) is 0 Å². The molecule has 1 rings (SSSR count). The van der Waals surface area contributed by atoms with Crippen molar-refractivity contribution in [1.29, 1.82) is 0 Å². The molecule has 2 heteroatoms. The van der Waals surface area contributed by atoms with Gasteiger partial charge in [0.1, 0.15) is 0 Å². The van der Waals surface area contributed by atoms with Gasteiger partial charge in [-0.1, -0.05) is 27.7 Å². The van der Waals surface area contributed by atoms with Gasteiger partial charge in [0, 0.05) is 17.0 Å². The van der Waals surface area contributed by atoms with E-state index in [1.54, 1.807) is 0 Å². The summed E-state index contributed by atoms with van der Waals surface area (Å²) in [5.74, 6) is 1.32. The molecule has 1 aromatic rings. The minimum atomic E-state index is 0.580. The van der Waals surface area contributed by atoms with Crippen LogP contribution in [0.15, 0.2) is 6.20 Å². The lowest BCUT2D eigenvalue weighted by Crippen LogP contribution is -1.89. The van der Waals surface area contributed by atoms with Gasteiger partial charge in [-0.25, -0.2) is 4.98 Å². The zero-order valence-corrected chi connectivity index (χ0v) is 9.11. The number of nitrogens with zero attached hydrogens (tertiary/aromatic N) is 1. The molecule has 0 aliphatic carbocycles. The average Bonchev–Trinajstić information content (AvgIpc) is 2.34. The van der Waals surface area contributed by atoms with Gasteiger partial charge in [0.15, 0.2) is 0 Å². The Balaban J connectivity index is 2.64. The summed E-state index contributed by atoms with van der Waals surface area (Å²) < 4.78 is 0. The number of rotatable bonds is 3. The Morgan fingerprint density at radius 1 is 1.33 bits per heavy atom. The number of thiazole rings is 1. The van der Waals surface area contributed by atoms with Crippen molar-refractivity contribution in [2.45, 2.75) is 40.0 Å². The van der Waals surface area contributed by atoms with Crippen LogP contribution in [0.25, 0.3) is 0 Å². The number of aromatic nitrogens is 1. The molecule has 12 heavy (non-hydrogen) atoms. The van der Waals surface area contributed by atoms with Gasteiger partial charge in [0.2, 0.25) is 0 Å². The summed E-state index contributed by atoms with van der Waals surface area (Å²) in [5.41, 5.74) is 0. The lowest BCUT2D eigenvalue weighted by molar-refractivity contribution is 0.653. The Labute approximate surface area is 78.8 Å². The molecule has 1 nitrogen and oxygen atoms in total. The molecule has 0 N–H and O–H groups in total. The van der Waals surface area contributed by atoms with E-state index < -0.39 is 0 Å². The zero-order chi connectivity index (χ0) is 9.14. The second kappa shape index (κ2) is 4.04. The highest BCUT2D eigenvalue weighted by atomic mass is 32.1. The number of hydrogen-bond donors (Lipinski definition) is 0. The molecule has 0 fully saturated rings. The van der Waals surface area contributed by atoms with Crippen LogP contribution in [0.5, 0.6) is 0 Å². The van der Waals surface area contributed by atoms with Crippen LogP contribution >= 0.6 is 11.3 Å². The molecule has 0 aromatic carbocycles. The van der Waals surface area contributed by atoms with Crippen molar-refractivity contribution in [3.05, 3.63) is 16.1 Å². The first kappa shape index (κ1) is 9.72. The standard InChI is InChI=1S/C10H17NS/c1-7(2)5-9-6-11-10(12-9)8(3)4/h6-8H,5H2,1-4H3. The Kier molecular flexibility index (Phi) is 3.27. The maximum absolute atomic E-state index is 4.39. The Hall–Kier alpha value is -0.370. The highest BCUT2D eigenvalue weighted by molar-refractivity contribution is 7.11. The van der Waals surface area contributed by atoms with Crippen LogP contribution in [-0.4, -0.2) is 4.98 Å². The molecule has 0 radical (unpaired) electrons. The molecule has 0 bridgehead atoms. The summed E-state index contributed by atoms with van der Waals surface area (Å²) in [6, 6.07) is 0. The predicted molar refractivity (Wildman–Crippen MR) is 54.7 cm³/mol. The molecule has 0 saturated carbocycles. The third kappa shape index (κ3) is 2.59. The lowest BCUT2D eigenvalue weighted by atomic mass is 10.1. The highest BCUT2D eigenvalue weighted by Crippen LogP contribution is 2.22. The highest BCUT2D eigenvalue weighted by Gasteiger charge is 2.06. The van der Waals surface area contributed by atoms with Crippen molar-refractivity contribution < 1.29 is 0 Å². The van der Waals surface area contributed by atoms with Gasteiger partial charge < -0.3 is 0 Å². The predicted octanol–water partition coefficient (Wildman–Crippen LogP) is 3.47.